The van der Waals surface area contributed by atoms with Crippen LogP contribution in [0.1, 0.15) is 5.56 Å². The number of benzene rings is 2. The lowest BCUT2D eigenvalue weighted by atomic mass is 10.1. The number of hydrogen-bond donors (Lipinski definition) is 1. The van der Waals surface area contributed by atoms with Crippen molar-refractivity contribution in [1.82, 2.24) is 0 Å². The maximum atomic E-state index is 13.9. The number of halogens is 4. The summed E-state index contributed by atoms with van der Waals surface area (Å²) >= 11 is 5.58. The summed E-state index contributed by atoms with van der Waals surface area (Å²) in [6.45, 7) is -0.584. The van der Waals surface area contributed by atoms with E-state index >= 15 is 0 Å². The number of alkyl halides is 2. The fourth-order valence-corrected chi connectivity index (χ4v) is 1.78. The Morgan fingerprint density at radius 2 is 1.74 bits per heavy atom. The van der Waals surface area contributed by atoms with Crippen LogP contribution in [0, 0.1) is 5.82 Å². The first-order chi connectivity index (χ1) is 8.99. The van der Waals surface area contributed by atoms with E-state index in [1.165, 1.54) is 24.3 Å². The molecule has 2 aromatic carbocycles. The largest absolute Gasteiger partial charge is 0.379 e. The molecule has 0 aliphatic rings. The van der Waals surface area contributed by atoms with Crippen molar-refractivity contribution in [1.29, 1.82) is 0 Å². The fraction of sp³-hybridized carbons (Fsp3) is 0.143. The van der Waals surface area contributed by atoms with E-state index in [4.69, 9.17) is 11.6 Å². The number of rotatable bonds is 4. The molecule has 0 saturated heterocycles. The van der Waals surface area contributed by atoms with Crippen molar-refractivity contribution >= 4 is 17.3 Å². The lowest BCUT2D eigenvalue weighted by Gasteiger charge is -2.18. The van der Waals surface area contributed by atoms with Gasteiger partial charge >= 0.3 is 0 Å². The zero-order chi connectivity index (χ0) is 13.9. The Balaban J connectivity index is 2.07. The highest BCUT2D eigenvalue weighted by Crippen LogP contribution is 2.28. The molecule has 0 bridgehead atoms. The standard InChI is InChI=1S/C14H11ClF3N/c15-12-8-11(6-7-13(12)16)19-9-14(17,18)10-4-2-1-3-5-10/h1-8,19H,9H2. The first-order valence-corrected chi connectivity index (χ1v) is 5.99. The normalized spacial score (nSPS) is 11.4. The third-order valence-corrected chi connectivity index (χ3v) is 2.92. The molecular formula is C14H11ClF3N. The number of hydrogen-bond acceptors (Lipinski definition) is 1. The minimum Gasteiger partial charge on any atom is -0.379 e. The van der Waals surface area contributed by atoms with Crippen molar-refractivity contribution in [3.05, 3.63) is 64.9 Å². The second-order valence-corrected chi connectivity index (χ2v) is 4.46. The molecule has 0 atom stereocenters. The zero-order valence-corrected chi connectivity index (χ0v) is 10.6. The van der Waals surface area contributed by atoms with Crippen molar-refractivity contribution in [3.63, 3.8) is 0 Å². The van der Waals surface area contributed by atoms with Gasteiger partial charge in [0.1, 0.15) is 5.82 Å². The SMILES string of the molecule is Fc1ccc(NCC(F)(F)c2ccccc2)cc1Cl. The molecule has 100 valence electrons. The van der Waals surface area contributed by atoms with Crippen LogP contribution in [0.2, 0.25) is 5.02 Å². The molecule has 1 N–H and O–H groups in total. The minimum absolute atomic E-state index is 0.0734. The van der Waals surface area contributed by atoms with Gasteiger partial charge in [0, 0.05) is 11.3 Å². The van der Waals surface area contributed by atoms with Crippen LogP contribution in [-0.2, 0) is 5.92 Å². The van der Waals surface area contributed by atoms with Crippen molar-refractivity contribution in [2.75, 3.05) is 11.9 Å². The highest BCUT2D eigenvalue weighted by molar-refractivity contribution is 6.31. The summed E-state index contributed by atoms with van der Waals surface area (Å²) < 4.78 is 40.6. The van der Waals surface area contributed by atoms with Crippen molar-refractivity contribution in [3.8, 4) is 0 Å². The summed E-state index contributed by atoms with van der Waals surface area (Å²) in [6, 6.07) is 11.3. The Morgan fingerprint density at radius 1 is 1.05 bits per heavy atom. The van der Waals surface area contributed by atoms with Gasteiger partial charge in [-0.3, -0.25) is 0 Å². The second-order valence-electron chi connectivity index (χ2n) is 4.05. The van der Waals surface area contributed by atoms with E-state index < -0.39 is 18.3 Å². The molecule has 0 saturated carbocycles. The predicted molar refractivity (Wildman–Crippen MR) is 70.2 cm³/mol. The van der Waals surface area contributed by atoms with Crippen LogP contribution < -0.4 is 5.32 Å². The lowest BCUT2D eigenvalue weighted by Crippen LogP contribution is -2.24. The quantitative estimate of drug-likeness (QED) is 0.860. The Morgan fingerprint density at radius 3 is 2.37 bits per heavy atom. The van der Waals surface area contributed by atoms with Gasteiger partial charge in [-0.2, -0.15) is 8.78 Å². The minimum atomic E-state index is -3.01. The molecule has 19 heavy (non-hydrogen) atoms. The van der Waals surface area contributed by atoms with Crippen LogP contribution in [0.3, 0.4) is 0 Å². The maximum absolute atomic E-state index is 13.9. The summed E-state index contributed by atoms with van der Waals surface area (Å²) in [4.78, 5) is 0. The van der Waals surface area contributed by atoms with E-state index in [2.05, 4.69) is 5.32 Å². The molecule has 0 fully saturated rings. The number of nitrogens with one attached hydrogen (secondary N) is 1. The second kappa shape index (κ2) is 5.53. The zero-order valence-electron chi connectivity index (χ0n) is 9.84. The van der Waals surface area contributed by atoms with Crippen LogP contribution in [0.4, 0.5) is 18.9 Å². The molecule has 1 nitrogen and oxygen atoms in total. The van der Waals surface area contributed by atoms with Gasteiger partial charge in [0.05, 0.1) is 11.6 Å². The van der Waals surface area contributed by atoms with Crippen LogP contribution in [-0.4, -0.2) is 6.54 Å². The molecule has 0 aliphatic heterocycles. The molecule has 0 heterocycles. The monoisotopic (exact) mass is 285 g/mol. The Labute approximate surface area is 114 Å². The summed E-state index contributed by atoms with van der Waals surface area (Å²) in [6.07, 6.45) is 0. The topological polar surface area (TPSA) is 12.0 Å². The van der Waals surface area contributed by atoms with Gasteiger partial charge in [-0.05, 0) is 18.2 Å². The summed E-state index contributed by atoms with van der Waals surface area (Å²) in [5, 5.41) is 2.45. The molecular weight excluding hydrogens is 275 g/mol. The Hall–Kier alpha value is -1.68. The summed E-state index contributed by atoms with van der Waals surface area (Å²) in [5.41, 5.74) is 0.276. The van der Waals surface area contributed by atoms with Gasteiger partial charge in [-0.25, -0.2) is 4.39 Å². The van der Waals surface area contributed by atoms with Gasteiger partial charge in [0.15, 0.2) is 0 Å². The van der Waals surface area contributed by atoms with Crippen molar-refractivity contribution in [2.45, 2.75) is 5.92 Å². The third-order valence-electron chi connectivity index (χ3n) is 2.63. The van der Waals surface area contributed by atoms with Crippen LogP contribution in [0.25, 0.3) is 0 Å². The molecule has 5 heteroatoms. The Kier molecular flexibility index (Phi) is 4.00. The molecule has 0 amide bonds. The highest BCUT2D eigenvalue weighted by atomic mass is 35.5. The van der Waals surface area contributed by atoms with E-state index in [1.807, 2.05) is 0 Å². The van der Waals surface area contributed by atoms with E-state index in [0.29, 0.717) is 5.69 Å². The lowest BCUT2D eigenvalue weighted by molar-refractivity contribution is 0.0106. The van der Waals surface area contributed by atoms with Gasteiger partial charge in [-0.15, -0.1) is 0 Å². The maximum Gasteiger partial charge on any atom is 0.290 e. The van der Waals surface area contributed by atoms with Gasteiger partial charge in [0.25, 0.3) is 5.92 Å². The van der Waals surface area contributed by atoms with Crippen molar-refractivity contribution in [2.24, 2.45) is 0 Å². The smallest absolute Gasteiger partial charge is 0.290 e. The highest BCUT2D eigenvalue weighted by Gasteiger charge is 2.30. The van der Waals surface area contributed by atoms with Gasteiger partial charge in [0.2, 0.25) is 0 Å². The van der Waals surface area contributed by atoms with Crippen LogP contribution in [0.15, 0.2) is 48.5 Å². The molecule has 0 spiro atoms. The van der Waals surface area contributed by atoms with E-state index in [-0.39, 0.29) is 10.6 Å². The van der Waals surface area contributed by atoms with E-state index in [1.54, 1.807) is 18.2 Å². The summed E-state index contributed by atoms with van der Waals surface area (Å²) in [7, 11) is 0. The molecule has 0 aromatic heterocycles. The molecule has 0 aliphatic carbocycles. The van der Waals surface area contributed by atoms with Crippen LogP contribution in [0.5, 0.6) is 0 Å². The fourth-order valence-electron chi connectivity index (χ4n) is 1.60. The van der Waals surface area contributed by atoms with Crippen molar-refractivity contribution < 1.29 is 13.2 Å². The van der Waals surface area contributed by atoms with Crippen LogP contribution >= 0.6 is 11.6 Å². The van der Waals surface area contributed by atoms with Gasteiger partial charge in [-0.1, -0.05) is 41.9 Å². The molecule has 0 radical (unpaired) electrons. The van der Waals surface area contributed by atoms with E-state index in [0.717, 1.165) is 6.07 Å². The number of anilines is 1. The molecule has 2 aromatic rings. The first-order valence-electron chi connectivity index (χ1n) is 5.61. The van der Waals surface area contributed by atoms with E-state index in [9.17, 15) is 13.2 Å². The van der Waals surface area contributed by atoms with Gasteiger partial charge < -0.3 is 5.32 Å². The average Bonchev–Trinajstić information content (AvgIpc) is 2.41. The molecule has 0 unspecified atom stereocenters. The third kappa shape index (κ3) is 3.41. The summed E-state index contributed by atoms with van der Waals surface area (Å²) in [5.74, 6) is -3.59. The first kappa shape index (κ1) is 13.7. The average molecular weight is 286 g/mol. The Bertz CT molecular complexity index is 558. The predicted octanol–water partition coefficient (Wildman–Crippen LogP) is 4.68. The molecule has 2 rings (SSSR count).